The minimum absolute atomic E-state index is 0. The topological polar surface area (TPSA) is 65.5 Å². The van der Waals surface area contributed by atoms with Crippen molar-refractivity contribution >= 4 is 35.8 Å². The first-order valence-electron chi connectivity index (χ1n) is 7.07. The summed E-state index contributed by atoms with van der Waals surface area (Å²) in [5.41, 5.74) is 0. The highest BCUT2D eigenvalue weighted by Gasteiger charge is 2.15. The maximum Gasteiger partial charge on any atom is 0.241 e. The number of hydrogen-bond acceptors (Lipinski definition) is 2. The Bertz CT molecular complexity index is 278. The van der Waals surface area contributed by atoms with Crippen LogP contribution in [0.15, 0.2) is 4.99 Å². The molecule has 0 saturated heterocycles. The summed E-state index contributed by atoms with van der Waals surface area (Å²) < 4.78 is 0. The van der Waals surface area contributed by atoms with Gasteiger partial charge in [0.15, 0.2) is 5.96 Å². The second-order valence-corrected chi connectivity index (χ2v) is 4.67. The van der Waals surface area contributed by atoms with Crippen LogP contribution in [-0.2, 0) is 4.79 Å². The first kappa shape index (κ1) is 18.5. The van der Waals surface area contributed by atoms with E-state index in [0.29, 0.717) is 6.04 Å². The summed E-state index contributed by atoms with van der Waals surface area (Å²) in [7, 11) is 0. The highest BCUT2D eigenvalue weighted by Crippen LogP contribution is 2.17. The Balaban J connectivity index is 0.00000324. The zero-order valence-corrected chi connectivity index (χ0v) is 14.3. The molecule has 1 aliphatic rings. The monoisotopic (exact) mass is 382 g/mol. The van der Waals surface area contributed by atoms with E-state index in [4.69, 9.17) is 0 Å². The minimum Gasteiger partial charge on any atom is -0.357 e. The van der Waals surface area contributed by atoms with Gasteiger partial charge < -0.3 is 16.0 Å². The molecule has 6 heteroatoms. The molecule has 1 aliphatic carbocycles. The molecule has 19 heavy (non-hydrogen) atoms. The smallest absolute Gasteiger partial charge is 0.241 e. The Labute approximate surface area is 133 Å². The molecule has 1 rings (SSSR count). The van der Waals surface area contributed by atoms with Crippen molar-refractivity contribution in [2.75, 3.05) is 19.6 Å². The number of halogens is 1. The summed E-state index contributed by atoms with van der Waals surface area (Å²) in [6.07, 6.45) is 5.93. The van der Waals surface area contributed by atoms with E-state index < -0.39 is 0 Å². The molecule has 0 aromatic carbocycles. The van der Waals surface area contributed by atoms with Gasteiger partial charge in [-0.05, 0) is 26.2 Å². The van der Waals surface area contributed by atoms with Gasteiger partial charge in [-0.3, -0.25) is 4.79 Å². The third kappa shape index (κ3) is 8.28. The van der Waals surface area contributed by atoms with Crippen LogP contribution in [0, 0.1) is 0 Å². The predicted octanol–water partition coefficient (Wildman–Crippen LogP) is 1.63. The van der Waals surface area contributed by atoms with E-state index in [0.717, 1.165) is 25.5 Å². The van der Waals surface area contributed by atoms with Crippen LogP contribution in [0.1, 0.15) is 46.0 Å². The molecule has 0 heterocycles. The van der Waals surface area contributed by atoms with E-state index in [1.165, 1.54) is 25.7 Å². The lowest BCUT2D eigenvalue weighted by atomic mass is 10.2. The number of rotatable bonds is 6. The lowest BCUT2D eigenvalue weighted by Crippen LogP contribution is -2.43. The molecule has 112 valence electrons. The van der Waals surface area contributed by atoms with Crippen LogP contribution in [0.3, 0.4) is 0 Å². The number of nitrogens with zero attached hydrogens (tertiary/aromatic N) is 1. The van der Waals surface area contributed by atoms with Crippen molar-refractivity contribution in [3.05, 3.63) is 0 Å². The van der Waals surface area contributed by atoms with Crippen LogP contribution in [-0.4, -0.2) is 37.5 Å². The van der Waals surface area contributed by atoms with Crippen LogP contribution in [0.2, 0.25) is 0 Å². The lowest BCUT2D eigenvalue weighted by Gasteiger charge is -2.16. The van der Waals surface area contributed by atoms with E-state index in [9.17, 15) is 4.79 Å². The van der Waals surface area contributed by atoms with Gasteiger partial charge in [-0.2, -0.15) is 0 Å². The number of amides is 1. The molecule has 0 bridgehead atoms. The first-order valence-corrected chi connectivity index (χ1v) is 7.07. The summed E-state index contributed by atoms with van der Waals surface area (Å²) in [5, 5.41) is 9.39. The van der Waals surface area contributed by atoms with E-state index in [2.05, 4.69) is 20.9 Å². The second kappa shape index (κ2) is 11.3. The molecule has 3 N–H and O–H groups in total. The van der Waals surface area contributed by atoms with Crippen LogP contribution < -0.4 is 16.0 Å². The van der Waals surface area contributed by atoms with Gasteiger partial charge in [-0.1, -0.05) is 19.8 Å². The van der Waals surface area contributed by atoms with Gasteiger partial charge in [0, 0.05) is 19.1 Å². The number of aliphatic imine (C=N–C) groups is 1. The third-order valence-electron chi connectivity index (χ3n) is 2.99. The molecule has 0 unspecified atom stereocenters. The van der Waals surface area contributed by atoms with Crippen molar-refractivity contribution in [3.8, 4) is 0 Å². The molecule has 1 fully saturated rings. The summed E-state index contributed by atoms with van der Waals surface area (Å²) in [4.78, 5) is 15.8. The maximum atomic E-state index is 11.5. The summed E-state index contributed by atoms with van der Waals surface area (Å²) >= 11 is 0. The number of hydrogen-bond donors (Lipinski definition) is 3. The Morgan fingerprint density at radius 1 is 1.21 bits per heavy atom. The fourth-order valence-electron chi connectivity index (χ4n) is 2.05. The molecular formula is C13H27IN4O. The minimum atomic E-state index is -0.0134. The Kier molecular flexibility index (Phi) is 11.0. The number of carbonyl (C=O) groups is 1. The average molecular weight is 382 g/mol. The molecule has 0 aliphatic heterocycles. The Hall–Kier alpha value is -0.530. The third-order valence-corrected chi connectivity index (χ3v) is 2.99. The lowest BCUT2D eigenvalue weighted by molar-refractivity contribution is -0.119. The molecule has 1 amide bonds. The normalized spacial score (nSPS) is 15.8. The van der Waals surface area contributed by atoms with Gasteiger partial charge in [0.05, 0.1) is 0 Å². The second-order valence-electron chi connectivity index (χ2n) is 4.67. The maximum absolute atomic E-state index is 11.5. The summed E-state index contributed by atoms with van der Waals surface area (Å²) in [6.45, 7) is 5.80. The van der Waals surface area contributed by atoms with Gasteiger partial charge in [0.25, 0.3) is 0 Å². The molecular weight excluding hydrogens is 355 g/mol. The molecule has 1 saturated carbocycles. The zero-order chi connectivity index (χ0) is 13.2. The van der Waals surface area contributed by atoms with Gasteiger partial charge >= 0.3 is 0 Å². The fourth-order valence-corrected chi connectivity index (χ4v) is 2.05. The van der Waals surface area contributed by atoms with Crippen molar-refractivity contribution in [2.24, 2.45) is 4.99 Å². The molecule has 0 aromatic rings. The van der Waals surface area contributed by atoms with E-state index in [1.54, 1.807) is 0 Å². The first-order chi connectivity index (χ1) is 8.76. The van der Waals surface area contributed by atoms with Gasteiger partial charge in [-0.25, -0.2) is 4.99 Å². The van der Waals surface area contributed by atoms with Crippen LogP contribution in [0.4, 0.5) is 0 Å². The molecule has 0 spiro atoms. The van der Waals surface area contributed by atoms with Crippen LogP contribution in [0.25, 0.3) is 0 Å². The Morgan fingerprint density at radius 3 is 2.47 bits per heavy atom. The van der Waals surface area contributed by atoms with Gasteiger partial charge in [0.1, 0.15) is 6.54 Å². The SMILES string of the molecule is CCCNC(=O)CN=C(NCC)NC1CCCC1.I. The van der Waals surface area contributed by atoms with Crippen molar-refractivity contribution < 1.29 is 4.79 Å². The summed E-state index contributed by atoms with van der Waals surface area (Å²) in [5.74, 6) is 0.747. The highest BCUT2D eigenvalue weighted by atomic mass is 127. The Morgan fingerprint density at radius 2 is 1.89 bits per heavy atom. The van der Waals surface area contributed by atoms with Crippen molar-refractivity contribution in [1.29, 1.82) is 0 Å². The number of nitrogens with one attached hydrogen (secondary N) is 3. The number of guanidine groups is 1. The predicted molar refractivity (Wildman–Crippen MR) is 90.1 cm³/mol. The highest BCUT2D eigenvalue weighted by molar-refractivity contribution is 14.0. The average Bonchev–Trinajstić information content (AvgIpc) is 2.86. The summed E-state index contributed by atoms with van der Waals surface area (Å²) in [6, 6.07) is 0.515. The fraction of sp³-hybridized carbons (Fsp3) is 0.846. The number of carbonyl (C=O) groups excluding carboxylic acids is 1. The van der Waals surface area contributed by atoms with Crippen molar-refractivity contribution in [3.63, 3.8) is 0 Å². The largest absolute Gasteiger partial charge is 0.357 e. The van der Waals surface area contributed by atoms with Crippen LogP contribution >= 0.6 is 24.0 Å². The van der Waals surface area contributed by atoms with Crippen molar-refractivity contribution in [2.45, 2.75) is 52.0 Å². The zero-order valence-electron chi connectivity index (χ0n) is 12.0. The molecule has 0 atom stereocenters. The van der Waals surface area contributed by atoms with E-state index >= 15 is 0 Å². The van der Waals surface area contributed by atoms with Crippen LogP contribution in [0.5, 0.6) is 0 Å². The molecule has 5 nitrogen and oxygen atoms in total. The van der Waals surface area contributed by atoms with Gasteiger partial charge in [0.2, 0.25) is 5.91 Å². The van der Waals surface area contributed by atoms with Gasteiger partial charge in [-0.15, -0.1) is 24.0 Å². The van der Waals surface area contributed by atoms with E-state index in [-0.39, 0.29) is 36.4 Å². The molecule has 0 radical (unpaired) electrons. The molecule has 0 aromatic heterocycles. The quantitative estimate of drug-likeness (QED) is 0.372. The standard InChI is InChI=1S/C13H26N4O.HI/c1-3-9-15-12(18)10-16-13(14-4-2)17-11-7-5-6-8-11;/h11H,3-10H2,1-2H3,(H,15,18)(H2,14,16,17);1H. The van der Waals surface area contributed by atoms with Crippen molar-refractivity contribution in [1.82, 2.24) is 16.0 Å². The van der Waals surface area contributed by atoms with E-state index in [1.807, 2.05) is 13.8 Å².